The summed E-state index contributed by atoms with van der Waals surface area (Å²) >= 11 is 16.1. The molecule has 1 aliphatic rings. The average molecular weight is 492 g/mol. The van der Waals surface area contributed by atoms with Gasteiger partial charge in [-0.3, -0.25) is 0 Å². The van der Waals surface area contributed by atoms with Gasteiger partial charge in [0.2, 0.25) is 10.0 Å². The second kappa shape index (κ2) is 7.28. The first kappa shape index (κ1) is 19.3. The molecule has 0 unspecified atom stereocenters. The second-order valence-corrected chi connectivity index (χ2v) is 10.2. The number of halogens is 5. The maximum atomic E-state index is 13.9. The van der Waals surface area contributed by atoms with Gasteiger partial charge < -0.3 is 4.90 Å². The lowest BCUT2D eigenvalue weighted by Gasteiger charge is -2.35. The van der Waals surface area contributed by atoms with Gasteiger partial charge in [0.25, 0.3) is 0 Å². The molecular weight excluding hydrogens is 481 g/mol. The molecule has 0 N–H and O–H groups in total. The van der Waals surface area contributed by atoms with Crippen LogP contribution < -0.4 is 4.90 Å². The molecule has 1 aromatic heterocycles. The van der Waals surface area contributed by atoms with E-state index in [0.29, 0.717) is 0 Å². The van der Waals surface area contributed by atoms with E-state index in [0.717, 1.165) is 17.4 Å². The molecule has 0 atom stereocenters. The molecule has 2 aromatic rings. The molecule has 0 bridgehead atoms. The SMILES string of the molecule is O=S(=O)(c1c(Cl)sc(Cl)c1Br)N1CCN(c2ccc(F)cc2F)CC1. The van der Waals surface area contributed by atoms with Crippen molar-refractivity contribution >= 4 is 66.2 Å². The van der Waals surface area contributed by atoms with Crippen LogP contribution >= 0.6 is 50.5 Å². The first-order chi connectivity index (χ1) is 11.7. The normalized spacial score (nSPS) is 16.4. The van der Waals surface area contributed by atoms with Crippen molar-refractivity contribution in [3.05, 3.63) is 43.0 Å². The van der Waals surface area contributed by atoms with E-state index < -0.39 is 21.7 Å². The number of rotatable bonds is 3. The molecule has 1 aromatic carbocycles. The Kier molecular flexibility index (Phi) is 5.63. The molecule has 1 fully saturated rings. The topological polar surface area (TPSA) is 40.6 Å². The van der Waals surface area contributed by atoms with Crippen molar-refractivity contribution in [2.45, 2.75) is 4.90 Å². The lowest BCUT2D eigenvalue weighted by atomic mass is 10.2. The summed E-state index contributed by atoms with van der Waals surface area (Å²) in [4.78, 5) is 1.63. The molecule has 25 heavy (non-hydrogen) atoms. The Balaban J connectivity index is 1.80. The molecule has 0 radical (unpaired) electrons. The van der Waals surface area contributed by atoms with Crippen LogP contribution in [0.15, 0.2) is 27.6 Å². The highest BCUT2D eigenvalue weighted by Crippen LogP contribution is 2.44. The monoisotopic (exact) mass is 490 g/mol. The molecule has 1 aliphatic heterocycles. The number of sulfonamides is 1. The van der Waals surface area contributed by atoms with Gasteiger partial charge in [0.15, 0.2) is 0 Å². The molecule has 4 nitrogen and oxygen atoms in total. The summed E-state index contributed by atoms with van der Waals surface area (Å²) in [6, 6.07) is 3.33. The summed E-state index contributed by atoms with van der Waals surface area (Å²) < 4.78 is 54.4. The van der Waals surface area contributed by atoms with E-state index in [1.165, 1.54) is 16.4 Å². The maximum absolute atomic E-state index is 13.9. The fourth-order valence-corrected chi connectivity index (χ4v) is 7.50. The molecule has 2 heterocycles. The van der Waals surface area contributed by atoms with Crippen molar-refractivity contribution in [1.29, 1.82) is 0 Å². The molecular formula is C14H11BrCl2F2N2O2S2. The van der Waals surface area contributed by atoms with Crippen LogP contribution in [0.5, 0.6) is 0 Å². The zero-order chi connectivity index (χ0) is 18.4. The highest BCUT2D eigenvalue weighted by atomic mass is 79.9. The zero-order valence-electron chi connectivity index (χ0n) is 12.5. The predicted molar refractivity (Wildman–Crippen MR) is 99.4 cm³/mol. The third kappa shape index (κ3) is 3.68. The Morgan fingerprint density at radius 2 is 1.72 bits per heavy atom. The van der Waals surface area contributed by atoms with E-state index in [9.17, 15) is 17.2 Å². The Morgan fingerprint density at radius 3 is 2.24 bits per heavy atom. The van der Waals surface area contributed by atoms with Crippen LogP contribution in [-0.2, 0) is 10.0 Å². The number of benzene rings is 1. The minimum Gasteiger partial charge on any atom is -0.367 e. The summed E-state index contributed by atoms with van der Waals surface area (Å²) in [5.41, 5.74) is 0.247. The summed E-state index contributed by atoms with van der Waals surface area (Å²) in [6.45, 7) is 0.842. The summed E-state index contributed by atoms with van der Waals surface area (Å²) in [5, 5.41) is 0. The molecule has 136 valence electrons. The van der Waals surface area contributed by atoms with E-state index in [4.69, 9.17) is 23.2 Å². The van der Waals surface area contributed by atoms with Crippen molar-refractivity contribution in [3.63, 3.8) is 0 Å². The Hall–Kier alpha value is -0.450. The van der Waals surface area contributed by atoms with Gasteiger partial charge in [-0.05, 0) is 28.1 Å². The van der Waals surface area contributed by atoms with Gasteiger partial charge in [0.05, 0.1) is 10.2 Å². The fraction of sp³-hybridized carbons (Fsp3) is 0.286. The smallest absolute Gasteiger partial charge is 0.246 e. The van der Waals surface area contributed by atoms with Gasteiger partial charge in [-0.2, -0.15) is 4.31 Å². The van der Waals surface area contributed by atoms with Gasteiger partial charge >= 0.3 is 0 Å². The van der Waals surface area contributed by atoms with E-state index in [2.05, 4.69) is 15.9 Å². The number of thiophene rings is 1. The van der Waals surface area contributed by atoms with Crippen LogP contribution in [0.1, 0.15) is 0 Å². The maximum Gasteiger partial charge on any atom is 0.246 e. The minimum atomic E-state index is -3.82. The van der Waals surface area contributed by atoms with Crippen LogP contribution in [0.3, 0.4) is 0 Å². The Morgan fingerprint density at radius 1 is 1.08 bits per heavy atom. The Bertz CT molecular complexity index is 916. The molecule has 0 saturated carbocycles. The number of piperazine rings is 1. The standard InChI is InChI=1S/C14H11BrCl2F2N2O2S2/c15-11-12(14(17)24-13(11)16)25(22,23)21-5-3-20(4-6-21)10-2-1-8(18)7-9(10)19/h1-2,7H,3-6H2. The van der Waals surface area contributed by atoms with Gasteiger partial charge in [0.1, 0.15) is 25.2 Å². The van der Waals surface area contributed by atoms with Crippen LogP contribution in [0.25, 0.3) is 0 Å². The van der Waals surface area contributed by atoms with Gasteiger partial charge in [0, 0.05) is 32.2 Å². The number of nitrogens with zero attached hydrogens (tertiary/aromatic N) is 2. The molecule has 0 aliphatic carbocycles. The van der Waals surface area contributed by atoms with Crippen molar-refractivity contribution < 1.29 is 17.2 Å². The lowest BCUT2D eigenvalue weighted by molar-refractivity contribution is 0.383. The number of anilines is 1. The first-order valence-electron chi connectivity index (χ1n) is 7.05. The summed E-state index contributed by atoms with van der Waals surface area (Å²) in [5.74, 6) is -1.33. The van der Waals surface area contributed by atoms with Crippen LogP contribution in [0, 0.1) is 11.6 Å². The molecule has 0 spiro atoms. The predicted octanol–water partition coefficient (Wildman–Crippen LogP) is 4.61. The van der Waals surface area contributed by atoms with Crippen molar-refractivity contribution in [2.75, 3.05) is 31.1 Å². The third-order valence-corrected chi connectivity index (χ3v) is 9.18. The minimum absolute atomic E-state index is 0.0504. The van der Waals surface area contributed by atoms with E-state index in [-0.39, 0.29) is 49.9 Å². The van der Waals surface area contributed by atoms with Gasteiger partial charge in [-0.15, -0.1) is 11.3 Å². The average Bonchev–Trinajstić information content (AvgIpc) is 2.80. The van der Waals surface area contributed by atoms with Gasteiger partial charge in [-0.25, -0.2) is 17.2 Å². The van der Waals surface area contributed by atoms with E-state index in [1.54, 1.807) is 4.90 Å². The Labute approximate surface area is 166 Å². The first-order valence-corrected chi connectivity index (χ1v) is 10.9. The molecule has 1 saturated heterocycles. The number of hydrogen-bond donors (Lipinski definition) is 0. The summed E-state index contributed by atoms with van der Waals surface area (Å²) in [7, 11) is -3.82. The van der Waals surface area contributed by atoms with Crippen LogP contribution in [0.2, 0.25) is 8.67 Å². The lowest BCUT2D eigenvalue weighted by Crippen LogP contribution is -2.49. The van der Waals surface area contributed by atoms with E-state index >= 15 is 0 Å². The fourth-order valence-electron chi connectivity index (χ4n) is 2.60. The number of hydrogen-bond acceptors (Lipinski definition) is 4. The van der Waals surface area contributed by atoms with E-state index in [1.807, 2.05) is 0 Å². The highest BCUT2D eigenvalue weighted by Gasteiger charge is 2.34. The second-order valence-electron chi connectivity index (χ2n) is 5.28. The molecule has 0 amide bonds. The van der Waals surface area contributed by atoms with Crippen molar-refractivity contribution in [3.8, 4) is 0 Å². The zero-order valence-corrected chi connectivity index (χ0v) is 17.2. The summed E-state index contributed by atoms with van der Waals surface area (Å²) in [6.07, 6.45) is 0. The van der Waals surface area contributed by atoms with Crippen molar-refractivity contribution in [2.24, 2.45) is 0 Å². The quantitative estimate of drug-likeness (QED) is 0.629. The molecule has 11 heteroatoms. The van der Waals surface area contributed by atoms with Crippen molar-refractivity contribution in [1.82, 2.24) is 4.31 Å². The van der Waals surface area contributed by atoms with Crippen LogP contribution in [-0.4, -0.2) is 38.9 Å². The van der Waals surface area contributed by atoms with Crippen LogP contribution in [0.4, 0.5) is 14.5 Å². The largest absolute Gasteiger partial charge is 0.367 e. The third-order valence-electron chi connectivity index (χ3n) is 3.82. The van der Waals surface area contributed by atoms with Gasteiger partial charge in [-0.1, -0.05) is 23.2 Å². The highest BCUT2D eigenvalue weighted by molar-refractivity contribution is 9.10. The molecule has 3 rings (SSSR count).